The van der Waals surface area contributed by atoms with E-state index in [0.29, 0.717) is 18.1 Å². The van der Waals surface area contributed by atoms with Crippen LogP contribution in [0.25, 0.3) is 0 Å². The normalized spacial score (nSPS) is 12.8. The number of pyridine rings is 1. The van der Waals surface area contributed by atoms with Crippen molar-refractivity contribution in [2.45, 2.75) is 0 Å². The van der Waals surface area contributed by atoms with E-state index in [1.807, 2.05) is 30.3 Å². The molecule has 172 valence electrons. The number of hydrazone groups is 1. The molecule has 13 nitrogen and oxygen atoms in total. The Morgan fingerprint density at radius 1 is 1.09 bits per heavy atom. The van der Waals surface area contributed by atoms with Gasteiger partial charge in [0.25, 0.3) is 0 Å². The van der Waals surface area contributed by atoms with E-state index < -0.39 is 11.0 Å². The fourth-order valence-electron chi connectivity index (χ4n) is 2.30. The van der Waals surface area contributed by atoms with Gasteiger partial charge >= 0.3 is 12.0 Å². The van der Waals surface area contributed by atoms with E-state index in [4.69, 9.17) is 15.9 Å². The molecular formula is C19H19ClN8O5. The SMILES string of the molecule is Cl.Nc1ccc(N=Nc2ccccc2)c(N)n1.O=C1OCCN1N=Cc1ccc([N+](=O)[O-])o1. The smallest absolute Gasteiger partial charge is 0.433 e. The van der Waals surface area contributed by atoms with E-state index in [1.165, 1.54) is 18.3 Å². The van der Waals surface area contributed by atoms with E-state index >= 15 is 0 Å². The minimum atomic E-state index is -0.651. The van der Waals surface area contributed by atoms with Gasteiger partial charge in [0.1, 0.15) is 23.0 Å². The molecule has 33 heavy (non-hydrogen) atoms. The molecule has 0 spiro atoms. The van der Waals surface area contributed by atoms with E-state index in [-0.39, 0.29) is 36.5 Å². The zero-order valence-electron chi connectivity index (χ0n) is 17.0. The summed E-state index contributed by atoms with van der Waals surface area (Å²) in [7, 11) is 0. The molecule has 3 heterocycles. The molecule has 1 aliphatic heterocycles. The van der Waals surface area contributed by atoms with Gasteiger partial charge in [0.05, 0.1) is 24.5 Å². The predicted molar refractivity (Wildman–Crippen MR) is 122 cm³/mol. The molecule has 3 aromatic rings. The van der Waals surface area contributed by atoms with Gasteiger partial charge in [0, 0.05) is 0 Å². The van der Waals surface area contributed by atoms with Crippen molar-refractivity contribution in [2.24, 2.45) is 15.3 Å². The number of hydrogen-bond acceptors (Lipinski definition) is 11. The maximum atomic E-state index is 11.0. The van der Waals surface area contributed by atoms with Crippen LogP contribution in [0.15, 0.2) is 74.3 Å². The summed E-state index contributed by atoms with van der Waals surface area (Å²) in [5, 5.41) is 23.2. The molecule has 0 unspecified atom stereocenters. The third-order valence-corrected chi connectivity index (χ3v) is 3.81. The van der Waals surface area contributed by atoms with Gasteiger partial charge in [0.15, 0.2) is 11.6 Å². The first kappa shape index (κ1) is 24.7. The largest absolute Gasteiger partial charge is 0.446 e. The molecule has 0 radical (unpaired) electrons. The van der Waals surface area contributed by atoms with Crippen molar-refractivity contribution in [3.63, 3.8) is 0 Å². The quantitative estimate of drug-likeness (QED) is 0.239. The number of nitrogens with two attached hydrogens (primary N) is 2. The summed E-state index contributed by atoms with van der Waals surface area (Å²) in [6.07, 6.45) is 0.678. The minimum absolute atomic E-state index is 0. The number of azo groups is 1. The molecule has 1 aromatic carbocycles. The van der Waals surface area contributed by atoms with Crippen LogP contribution >= 0.6 is 12.4 Å². The molecule has 14 heteroatoms. The number of nitrogens with zero attached hydrogens (tertiary/aromatic N) is 6. The summed E-state index contributed by atoms with van der Waals surface area (Å²) in [5.74, 6) is 0.479. The number of rotatable bonds is 5. The highest BCUT2D eigenvalue weighted by Gasteiger charge is 2.21. The average molecular weight is 475 g/mol. The Kier molecular flexibility index (Phi) is 8.82. The second kappa shape index (κ2) is 11.8. The number of carbonyl (C=O) groups excluding carboxylic acids is 1. The number of hydrogen-bond donors (Lipinski definition) is 2. The maximum Gasteiger partial charge on any atom is 0.433 e. The fourth-order valence-corrected chi connectivity index (χ4v) is 2.30. The van der Waals surface area contributed by atoms with Crippen molar-refractivity contribution in [3.8, 4) is 0 Å². The lowest BCUT2D eigenvalue weighted by molar-refractivity contribution is -0.402. The lowest BCUT2D eigenvalue weighted by Crippen LogP contribution is -2.17. The number of furan rings is 1. The summed E-state index contributed by atoms with van der Waals surface area (Å²) < 4.78 is 9.44. The van der Waals surface area contributed by atoms with E-state index in [1.54, 1.807) is 12.1 Å². The number of aromatic nitrogens is 1. The van der Waals surface area contributed by atoms with E-state index in [0.717, 1.165) is 10.7 Å². The summed E-state index contributed by atoms with van der Waals surface area (Å²) >= 11 is 0. The Morgan fingerprint density at radius 2 is 1.85 bits per heavy atom. The fraction of sp³-hybridized carbons (Fsp3) is 0.105. The van der Waals surface area contributed by atoms with Crippen molar-refractivity contribution in [1.29, 1.82) is 0 Å². The van der Waals surface area contributed by atoms with Gasteiger partial charge in [-0.25, -0.2) is 9.78 Å². The molecule has 2 aromatic heterocycles. The second-order valence-corrected chi connectivity index (χ2v) is 6.09. The molecule has 1 saturated heterocycles. The lowest BCUT2D eigenvalue weighted by Gasteiger charge is -2.01. The summed E-state index contributed by atoms with van der Waals surface area (Å²) in [4.78, 5) is 24.5. The first-order chi connectivity index (χ1) is 15.4. The number of nitrogen functional groups attached to an aromatic ring is 2. The zero-order valence-corrected chi connectivity index (χ0v) is 17.8. The highest BCUT2D eigenvalue weighted by Crippen LogP contribution is 2.23. The van der Waals surface area contributed by atoms with Crippen LogP contribution in [0.4, 0.5) is 33.7 Å². The Balaban J connectivity index is 0.000000227. The topological polar surface area (TPSA) is 188 Å². The molecule has 1 amide bonds. The van der Waals surface area contributed by atoms with Crippen molar-refractivity contribution < 1.29 is 18.9 Å². The van der Waals surface area contributed by atoms with Crippen LogP contribution in [-0.4, -0.2) is 40.4 Å². The van der Waals surface area contributed by atoms with Gasteiger partial charge in [-0.2, -0.15) is 15.2 Å². The van der Waals surface area contributed by atoms with Crippen LogP contribution in [0, 0.1) is 10.1 Å². The number of nitro groups is 1. The first-order valence-corrected chi connectivity index (χ1v) is 9.13. The van der Waals surface area contributed by atoms with Crippen molar-refractivity contribution in [1.82, 2.24) is 9.99 Å². The standard InChI is InChI=1S/C11H11N5.C8H7N3O5.ClH/c12-10-7-6-9(11(13)14-10)16-15-8-4-2-1-3-5-8;12-8-10(3-4-15-8)9-5-6-1-2-7(16-6)11(13)14;/h1-7H,(H4,12,13,14);1-2,5H,3-4H2;1H. The highest BCUT2D eigenvalue weighted by molar-refractivity contribution is 5.85. The maximum absolute atomic E-state index is 11.0. The lowest BCUT2D eigenvalue weighted by atomic mass is 10.3. The number of anilines is 2. The molecule has 0 bridgehead atoms. The second-order valence-electron chi connectivity index (χ2n) is 6.09. The van der Waals surface area contributed by atoms with Crippen LogP contribution in [-0.2, 0) is 4.74 Å². The zero-order chi connectivity index (χ0) is 22.9. The Labute approximate surface area is 193 Å². The van der Waals surface area contributed by atoms with Gasteiger partial charge in [-0.1, -0.05) is 18.2 Å². The number of benzene rings is 1. The van der Waals surface area contributed by atoms with Crippen molar-refractivity contribution in [2.75, 3.05) is 24.6 Å². The third-order valence-electron chi connectivity index (χ3n) is 3.81. The van der Waals surface area contributed by atoms with Crippen LogP contribution < -0.4 is 11.5 Å². The molecule has 0 saturated carbocycles. The highest BCUT2D eigenvalue weighted by atomic mass is 35.5. The monoisotopic (exact) mass is 474 g/mol. The molecule has 4 rings (SSSR count). The average Bonchev–Trinajstić information content (AvgIpc) is 3.42. The molecule has 1 aliphatic rings. The van der Waals surface area contributed by atoms with Crippen molar-refractivity contribution in [3.05, 3.63) is 70.5 Å². The third kappa shape index (κ3) is 7.29. The predicted octanol–water partition coefficient (Wildman–Crippen LogP) is 4.06. The van der Waals surface area contributed by atoms with Gasteiger partial charge < -0.3 is 20.6 Å². The van der Waals surface area contributed by atoms with Crippen LogP contribution in [0.2, 0.25) is 0 Å². The Bertz CT molecular complexity index is 1150. The van der Waals surface area contributed by atoms with Crippen molar-refractivity contribution >= 4 is 53.6 Å². The molecule has 1 fully saturated rings. The number of cyclic esters (lactones) is 1. The molecule has 4 N–H and O–H groups in total. The van der Waals surface area contributed by atoms with Crippen LogP contribution in [0.1, 0.15) is 5.76 Å². The number of ether oxygens (including phenoxy) is 1. The van der Waals surface area contributed by atoms with E-state index in [9.17, 15) is 14.9 Å². The number of halogens is 1. The molecule has 0 atom stereocenters. The summed E-state index contributed by atoms with van der Waals surface area (Å²) in [6.45, 7) is 0.645. The first-order valence-electron chi connectivity index (χ1n) is 9.13. The number of amides is 1. The summed E-state index contributed by atoms with van der Waals surface area (Å²) in [6, 6.07) is 15.3. The van der Waals surface area contributed by atoms with Gasteiger partial charge in [-0.15, -0.1) is 17.5 Å². The number of carbonyl (C=O) groups is 1. The van der Waals surface area contributed by atoms with Crippen LogP contribution in [0.3, 0.4) is 0 Å². The minimum Gasteiger partial charge on any atom is -0.446 e. The molecule has 0 aliphatic carbocycles. The summed E-state index contributed by atoms with van der Waals surface area (Å²) in [5.41, 5.74) is 12.4. The van der Waals surface area contributed by atoms with Gasteiger partial charge in [0.2, 0.25) is 0 Å². The molecular weight excluding hydrogens is 456 g/mol. The van der Waals surface area contributed by atoms with E-state index in [2.05, 4.69) is 25.1 Å². The van der Waals surface area contributed by atoms with Gasteiger partial charge in [-0.05, 0) is 30.3 Å². The Morgan fingerprint density at radius 3 is 2.45 bits per heavy atom. The Hall–Kier alpha value is -4.52. The van der Waals surface area contributed by atoms with Gasteiger partial charge in [-0.3, -0.25) is 10.1 Å². The van der Waals surface area contributed by atoms with Crippen LogP contribution in [0.5, 0.6) is 0 Å².